The number of carbonyl (C=O) groups is 1. The summed E-state index contributed by atoms with van der Waals surface area (Å²) in [6.07, 6.45) is 0.355. The minimum absolute atomic E-state index is 0.0419. The van der Waals surface area contributed by atoms with Gasteiger partial charge in [0, 0.05) is 25.7 Å². The number of hydrogen-bond donors (Lipinski definition) is 1. The van der Waals surface area contributed by atoms with Crippen molar-refractivity contribution in [2.45, 2.75) is 13.0 Å². The van der Waals surface area contributed by atoms with Crippen molar-refractivity contribution >= 4 is 23.3 Å². The zero-order valence-corrected chi connectivity index (χ0v) is 16.1. The first-order valence-electron chi connectivity index (χ1n) is 8.57. The number of nitrogens with zero attached hydrogens (tertiary/aromatic N) is 3. The average molecular weight is 423 g/mol. The van der Waals surface area contributed by atoms with Crippen LogP contribution in [0.1, 0.15) is 11.7 Å². The third-order valence-corrected chi connectivity index (χ3v) is 4.16. The lowest BCUT2D eigenvalue weighted by Crippen LogP contribution is -2.33. The highest BCUT2D eigenvalue weighted by Crippen LogP contribution is 2.19. The number of benzene rings is 2. The number of anilines is 1. The molecular weight excluding hydrogens is 406 g/mol. The molecule has 152 valence electrons. The Morgan fingerprint density at radius 2 is 2.00 bits per heavy atom. The highest BCUT2D eigenvalue weighted by atomic mass is 35.5. The maximum Gasteiger partial charge on any atom is 0.321 e. The van der Waals surface area contributed by atoms with Gasteiger partial charge >= 0.3 is 6.03 Å². The van der Waals surface area contributed by atoms with Crippen molar-refractivity contribution in [1.82, 2.24) is 15.0 Å². The van der Waals surface area contributed by atoms with Gasteiger partial charge in [-0.25, -0.2) is 13.6 Å². The molecule has 1 aromatic heterocycles. The van der Waals surface area contributed by atoms with Crippen LogP contribution in [0.4, 0.5) is 19.3 Å². The minimum atomic E-state index is -0.561. The number of amides is 2. The molecule has 1 heterocycles. The van der Waals surface area contributed by atoms with Gasteiger partial charge in [0.25, 0.3) is 5.89 Å². The Hall–Kier alpha value is -3.20. The van der Waals surface area contributed by atoms with Gasteiger partial charge in [0.1, 0.15) is 17.4 Å². The predicted molar refractivity (Wildman–Crippen MR) is 102 cm³/mol. The Balaban J connectivity index is 1.46. The maximum absolute atomic E-state index is 13.2. The Morgan fingerprint density at radius 1 is 1.24 bits per heavy atom. The summed E-state index contributed by atoms with van der Waals surface area (Å²) in [5.41, 5.74) is 0.382. The third-order valence-electron chi connectivity index (χ3n) is 3.87. The summed E-state index contributed by atoms with van der Waals surface area (Å²) >= 11 is 5.70. The van der Waals surface area contributed by atoms with E-state index >= 15 is 0 Å². The number of likely N-dealkylation sites (N-methyl/N-ethyl adjacent to an activating group) is 1. The van der Waals surface area contributed by atoms with Crippen molar-refractivity contribution < 1.29 is 22.8 Å². The summed E-state index contributed by atoms with van der Waals surface area (Å²) in [5, 5.41) is 6.38. The normalized spacial score (nSPS) is 10.6. The number of carbonyl (C=O) groups excluding carboxylic acids is 1. The topological polar surface area (TPSA) is 80.5 Å². The van der Waals surface area contributed by atoms with Gasteiger partial charge in [-0.05, 0) is 42.5 Å². The van der Waals surface area contributed by atoms with Crippen molar-refractivity contribution in [1.29, 1.82) is 0 Å². The molecule has 0 aliphatic heterocycles. The summed E-state index contributed by atoms with van der Waals surface area (Å²) in [6.45, 7) is 0.360. The number of rotatable bonds is 7. The second kappa shape index (κ2) is 9.33. The van der Waals surface area contributed by atoms with Gasteiger partial charge in [-0.1, -0.05) is 16.8 Å². The van der Waals surface area contributed by atoms with E-state index in [0.717, 1.165) is 0 Å². The molecule has 3 aromatic rings. The van der Waals surface area contributed by atoms with Crippen molar-refractivity contribution in [3.8, 4) is 5.75 Å². The van der Waals surface area contributed by atoms with Crippen LogP contribution in [-0.4, -0.2) is 34.7 Å². The molecule has 0 aliphatic carbocycles. The van der Waals surface area contributed by atoms with Crippen LogP contribution in [0.5, 0.6) is 5.75 Å². The lowest BCUT2D eigenvalue weighted by atomic mass is 10.3. The molecule has 0 radical (unpaired) electrons. The van der Waals surface area contributed by atoms with E-state index in [-0.39, 0.29) is 23.3 Å². The predicted octanol–water partition coefficient (Wildman–Crippen LogP) is 4.29. The van der Waals surface area contributed by atoms with E-state index in [4.69, 9.17) is 20.9 Å². The monoisotopic (exact) mass is 422 g/mol. The van der Waals surface area contributed by atoms with E-state index in [0.29, 0.717) is 30.2 Å². The van der Waals surface area contributed by atoms with Crippen LogP contribution in [0, 0.1) is 11.6 Å². The fourth-order valence-electron chi connectivity index (χ4n) is 2.29. The number of urea groups is 1. The Kier molecular flexibility index (Phi) is 6.61. The van der Waals surface area contributed by atoms with Crippen LogP contribution in [0.25, 0.3) is 0 Å². The number of ether oxygens (including phenoxy) is 1. The second-order valence-electron chi connectivity index (χ2n) is 6.08. The molecule has 1 N–H and O–H groups in total. The molecule has 10 heteroatoms. The largest absolute Gasteiger partial charge is 0.484 e. The molecule has 3 rings (SSSR count). The smallest absolute Gasteiger partial charge is 0.321 e. The quantitative estimate of drug-likeness (QED) is 0.614. The first kappa shape index (κ1) is 20.5. The van der Waals surface area contributed by atoms with Crippen LogP contribution in [0.15, 0.2) is 47.0 Å². The Labute approximate surface area is 170 Å². The lowest BCUT2D eigenvalue weighted by Gasteiger charge is -2.17. The summed E-state index contributed by atoms with van der Waals surface area (Å²) in [4.78, 5) is 17.8. The molecule has 0 fully saturated rings. The number of nitrogens with one attached hydrogen (secondary N) is 1. The van der Waals surface area contributed by atoms with E-state index in [1.54, 1.807) is 7.05 Å². The molecular formula is C19H17ClF2N4O3. The third kappa shape index (κ3) is 5.89. The van der Waals surface area contributed by atoms with Crippen molar-refractivity contribution in [2.75, 3.05) is 18.9 Å². The van der Waals surface area contributed by atoms with Gasteiger partial charge in [0.05, 0.1) is 5.02 Å². The molecule has 0 bridgehead atoms. The van der Waals surface area contributed by atoms with Crippen molar-refractivity contribution in [3.05, 3.63) is 70.8 Å². The summed E-state index contributed by atoms with van der Waals surface area (Å²) in [6, 6.07) is 9.09. The average Bonchev–Trinajstić information content (AvgIpc) is 3.16. The Morgan fingerprint density at radius 3 is 2.72 bits per heavy atom. The molecule has 0 saturated heterocycles. The first-order valence-corrected chi connectivity index (χ1v) is 8.95. The highest BCUT2D eigenvalue weighted by molar-refractivity contribution is 6.31. The lowest BCUT2D eigenvalue weighted by molar-refractivity contribution is 0.222. The Bertz CT molecular complexity index is 982. The second-order valence-corrected chi connectivity index (χ2v) is 6.48. The molecule has 29 heavy (non-hydrogen) atoms. The van der Waals surface area contributed by atoms with Gasteiger partial charge < -0.3 is 19.5 Å². The minimum Gasteiger partial charge on any atom is -0.484 e. The van der Waals surface area contributed by atoms with E-state index in [2.05, 4.69) is 15.5 Å². The van der Waals surface area contributed by atoms with Gasteiger partial charge in [-0.3, -0.25) is 0 Å². The molecule has 0 aliphatic rings. The van der Waals surface area contributed by atoms with Gasteiger partial charge in [0.2, 0.25) is 0 Å². The first-order chi connectivity index (χ1) is 13.9. The fourth-order valence-corrected chi connectivity index (χ4v) is 2.47. The van der Waals surface area contributed by atoms with Gasteiger partial charge in [-0.2, -0.15) is 4.98 Å². The molecule has 2 amide bonds. The molecule has 0 unspecified atom stereocenters. The molecule has 0 spiro atoms. The van der Waals surface area contributed by atoms with E-state index in [1.807, 2.05) is 0 Å². The molecule has 2 aromatic carbocycles. The zero-order chi connectivity index (χ0) is 20.8. The number of aromatic nitrogens is 2. The van der Waals surface area contributed by atoms with E-state index < -0.39 is 11.8 Å². The van der Waals surface area contributed by atoms with E-state index in [9.17, 15) is 13.6 Å². The van der Waals surface area contributed by atoms with Crippen LogP contribution < -0.4 is 10.1 Å². The highest BCUT2D eigenvalue weighted by Gasteiger charge is 2.13. The van der Waals surface area contributed by atoms with Crippen LogP contribution in [0.3, 0.4) is 0 Å². The van der Waals surface area contributed by atoms with Crippen molar-refractivity contribution in [2.24, 2.45) is 0 Å². The van der Waals surface area contributed by atoms with Gasteiger partial charge in [0.15, 0.2) is 12.4 Å². The standard InChI is InChI=1S/C19H17ClF2N4O3/c1-26(19(27)23-13-4-7-16(22)15(20)10-13)9-8-17-24-18(29-25-17)11-28-14-5-2-12(21)3-6-14/h2-7,10H,8-9,11H2,1H3,(H,23,27). The fraction of sp³-hybridized carbons (Fsp3) is 0.211. The van der Waals surface area contributed by atoms with Gasteiger partial charge in [-0.15, -0.1) is 0 Å². The number of halogens is 3. The molecule has 0 atom stereocenters. The maximum atomic E-state index is 13.2. The summed E-state index contributed by atoms with van der Waals surface area (Å²) in [7, 11) is 1.60. The van der Waals surface area contributed by atoms with Crippen LogP contribution >= 0.6 is 11.6 Å². The zero-order valence-electron chi connectivity index (χ0n) is 15.4. The van der Waals surface area contributed by atoms with Crippen LogP contribution in [0.2, 0.25) is 5.02 Å². The molecule has 7 nitrogen and oxygen atoms in total. The summed E-state index contributed by atoms with van der Waals surface area (Å²) in [5.74, 6) is 0.232. The number of hydrogen-bond acceptors (Lipinski definition) is 5. The van der Waals surface area contributed by atoms with Crippen molar-refractivity contribution in [3.63, 3.8) is 0 Å². The van der Waals surface area contributed by atoms with Crippen LogP contribution in [-0.2, 0) is 13.0 Å². The van der Waals surface area contributed by atoms with E-state index in [1.165, 1.54) is 47.4 Å². The SMILES string of the molecule is CN(CCc1noc(COc2ccc(F)cc2)n1)C(=O)Nc1ccc(F)c(Cl)c1. The molecule has 0 saturated carbocycles. The summed E-state index contributed by atoms with van der Waals surface area (Å²) < 4.78 is 36.6.